The highest BCUT2D eigenvalue weighted by Gasteiger charge is 2.02. The lowest BCUT2D eigenvalue weighted by atomic mass is 10.2. The maximum Gasteiger partial charge on any atom is 0.249 e. The van der Waals surface area contributed by atoms with E-state index in [4.69, 9.17) is 4.74 Å². The Labute approximate surface area is 80.6 Å². The first-order valence-corrected chi connectivity index (χ1v) is 4.25. The van der Waals surface area contributed by atoms with Crippen molar-refractivity contribution < 1.29 is 4.74 Å². The van der Waals surface area contributed by atoms with Crippen molar-refractivity contribution >= 4 is 11.0 Å². The van der Waals surface area contributed by atoms with Crippen molar-refractivity contribution in [2.24, 2.45) is 0 Å². The van der Waals surface area contributed by atoms with E-state index >= 15 is 0 Å². The number of nitrogens with zero attached hydrogens (tertiary/aromatic N) is 1. The monoisotopic (exact) mass is 190 g/mol. The molecule has 0 saturated heterocycles. The minimum atomic E-state index is -0.155. The SMILES string of the molecule is COc1cc(C)c2ccc(=O)[nH]c2n1. The normalized spacial score (nSPS) is 10.4. The third-order valence-corrected chi connectivity index (χ3v) is 2.09. The van der Waals surface area contributed by atoms with Crippen LogP contribution in [0.15, 0.2) is 23.0 Å². The third-order valence-electron chi connectivity index (χ3n) is 2.09. The highest BCUT2D eigenvalue weighted by molar-refractivity contribution is 5.78. The number of aryl methyl sites for hydroxylation is 1. The molecular weight excluding hydrogens is 180 g/mol. The zero-order valence-corrected chi connectivity index (χ0v) is 8.00. The molecule has 14 heavy (non-hydrogen) atoms. The van der Waals surface area contributed by atoms with Crippen LogP contribution in [-0.4, -0.2) is 17.1 Å². The Morgan fingerprint density at radius 3 is 2.93 bits per heavy atom. The molecule has 0 amide bonds. The lowest BCUT2D eigenvalue weighted by Crippen LogP contribution is -2.04. The van der Waals surface area contributed by atoms with Crippen molar-refractivity contribution in [3.05, 3.63) is 34.1 Å². The Balaban J connectivity index is 2.83. The molecule has 0 fully saturated rings. The number of hydrogen-bond acceptors (Lipinski definition) is 3. The van der Waals surface area contributed by atoms with Gasteiger partial charge in [-0.05, 0) is 18.6 Å². The van der Waals surface area contributed by atoms with Crippen molar-refractivity contribution in [1.29, 1.82) is 0 Å². The minimum Gasteiger partial charge on any atom is -0.481 e. The van der Waals surface area contributed by atoms with E-state index in [9.17, 15) is 4.79 Å². The van der Waals surface area contributed by atoms with Crippen LogP contribution < -0.4 is 10.3 Å². The Bertz CT molecular complexity index is 531. The first-order chi connectivity index (χ1) is 6.70. The molecule has 2 aromatic heterocycles. The average Bonchev–Trinajstić information content (AvgIpc) is 2.16. The molecule has 0 aliphatic carbocycles. The highest BCUT2D eigenvalue weighted by Crippen LogP contribution is 2.17. The van der Waals surface area contributed by atoms with E-state index in [-0.39, 0.29) is 5.56 Å². The second-order valence-corrected chi connectivity index (χ2v) is 3.07. The van der Waals surface area contributed by atoms with Crippen LogP contribution in [0.4, 0.5) is 0 Å². The number of ether oxygens (including phenoxy) is 1. The predicted octanol–water partition coefficient (Wildman–Crippen LogP) is 1.24. The van der Waals surface area contributed by atoms with Crippen molar-refractivity contribution in [1.82, 2.24) is 9.97 Å². The molecule has 0 radical (unpaired) electrons. The average molecular weight is 190 g/mol. The van der Waals surface area contributed by atoms with E-state index in [0.717, 1.165) is 10.9 Å². The van der Waals surface area contributed by atoms with Gasteiger partial charge in [0.15, 0.2) is 0 Å². The molecule has 0 unspecified atom stereocenters. The fraction of sp³-hybridized carbons (Fsp3) is 0.200. The van der Waals surface area contributed by atoms with Gasteiger partial charge in [-0.3, -0.25) is 4.79 Å². The Kier molecular flexibility index (Phi) is 1.96. The summed E-state index contributed by atoms with van der Waals surface area (Å²) in [6.07, 6.45) is 0. The molecular formula is C10H10N2O2. The highest BCUT2D eigenvalue weighted by atomic mass is 16.5. The summed E-state index contributed by atoms with van der Waals surface area (Å²) < 4.78 is 5.01. The summed E-state index contributed by atoms with van der Waals surface area (Å²) in [4.78, 5) is 17.9. The quantitative estimate of drug-likeness (QED) is 0.736. The number of fused-ring (bicyclic) bond motifs is 1. The van der Waals surface area contributed by atoms with E-state index in [1.165, 1.54) is 6.07 Å². The van der Waals surface area contributed by atoms with E-state index in [2.05, 4.69) is 9.97 Å². The van der Waals surface area contributed by atoms with Gasteiger partial charge in [0.1, 0.15) is 5.65 Å². The van der Waals surface area contributed by atoms with Crippen LogP contribution in [0.2, 0.25) is 0 Å². The van der Waals surface area contributed by atoms with Gasteiger partial charge in [0.05, 0.1) is 7.11 Å². The van der Waals surface area contributed by atoms with Gasteiger partial charge >= 0.3 is 0 Å². The summed E-state index contributed by atoms with van der Waals surface area (Å²) in [5.41, 5.74) is 1.44. The molecule has 0 aromatic carbocycles. The molecule has 1 N–H and O–H groups in total. The van der Waals surface area contributed by atoms with Crippen LogP contribution in [0.5, 0.6) is 5.88 Å². The number of hydrogen-bond donors (Lipinski definition) is 1. The van der Waals surface area contributed by atoms with Gasteiger partial charge in [-0.2, -0.15) is 4.98 Å². The summed E-state index contributed by atoms with van der Waals surface area (Å²) in [5.74, 6) is 0.511. The molecule has 4 heteroatoms. The Morgan fingerprint density at radius 2 is 2.21 bits per heavy atom. The molecule has 0 saturated carbocycles. The van der Waals surface area contributed by atoms with E-state index < -0.39 is 0 Å². The summed E-state index contributed by atoms with van der Waals surface area (Å²) in [6, 6.07) is 5.08. The smallest absolute Gasteiger partial charge is 0.249 e. The molecule has 0 atom stereocenters. The molecule has 2 aromatic rings. The van der Waals surface area contributed by atoms with E-state index in [1.54, 1.807) is 13.2 Å². The largest absolute Gasteiger partial charge is 0.481 e. The lowest BCUT2D eigenvalue weighted by molar-refractivity contribution is 0.399. The summed E-state index contributed by atoms with van der Waals surface area (Å²) in [5, 5.41) is 0.936. The first-order valence-electron chi connectivity index (χ1n) is 4.25. The van der Waals surface area contributed by atoms with Crippen molar-refractivity contribution in [2.45, 2.75) is 6.92 Å². The van der Waals surface area contributed by atoms with Gasteiger partial charge in [-0.15, -0.1) is 0 Å². The number of H-pyrrole nitrogens is 1. The maximum atomic E-state index is 11.1. The number of aromatic amines is 1. The zero-order chi connectivity index (χ0) is 10.1. The van der Waals surface area contributed by atoms with Crippen molar-refractivity contribution in [2.75, 3.05) is 7.11 Å². The number of methoxy groups -OCH3 is 1. The summed E-state index contributed by atoms with van der Waals surface area (Å²) in [7, 11) is 1.55. The second kappa shape index (κ2) is 3.14. The van der Waals surface area contributed by atoms with Gasteiger partial charge in [-0.1, -0.05) is 0 Å². The Hall–Kier alpha value is -1.84. The van der Waals surface area contributed by atoms with E-state index in [0.29, 0.717) is 11.5 Å². The molecule has 2 heterocycles. The fourth-order valence-corrected chi connectivity index (χ4v) is 1.38. The zero-order valence-electron chi connectivity index (χ0n) is 8.00. The fourth-order valence-electron chi connectivity index (χ4n) is 1.38. The molecule has 2 rings (SSSR count). The topological polar surface area (TPSA) is 55.0 Å². The van der Waals surface area contributed by atoms with Crippen LogP contribution in [0.25, 0.3) is 11.0 Å². The Morgan fingerprint density at radius 1 is 1.43 bits per heavy atom. The minimum absolute atomic E-state index is 0.155. The van der Waals surface area contributed by atoms with E-state index in [1.807, 2.05) is 13.0 Å². The molecule has 0 spiro atoms. The van der Waals surface area contributed by atoms with Crippen molar-refractivity contribution in [3.63, 3.8) is 0 Å². The van der Waals surface area contributed by atoms with Crippen LogP contribution in [0, 0.1) is 6.92 Å². The van der Waals surface area contributed by atoms with Crippen LogP contribution >= 0.6 is 0 Å². The summed E-state index contributed by atoms with van der Waals surface area (Å²) in [6.45, 7) is 1.95. The molecule has 0 aliphatic heterocycles. The van der Waals surface area contributed by atoms with Gasteiger partial charge < -0.3 is 9.72 Å². The predicted molar refractivity (Wildman–Crippen MR) is 53.7 cm³/mol. The van der Waals surface area contributed by atoms with Crippen LogP contribution in [-0.2, 0) is 0 Å². The van der Waals surface area contributed by atoms with Gasteiger partial charge in [-0.25, -0.2) is 0 Å². The molecule has 72 valence electrons. The van der Waals surface area contributed by atoms with Crippen LogP contribution in [0.1, 0.15) is 5.56 Å². The number of rotatable bonds is 1. The number of pyridine rings is 2. The van der Waals surface area contributed by atoms with Crippen LogP contribution in [0.3, 0.4) is 0 Å². The van der Waals surface area contributed by atoms with Gasteiger partial charge in [0.2, 0.25) is 11.4 Å². The lowest BCUT2D eigenvalue weighted by Gasteiger charge is -2.03. The number of aromatic nitrogens is 2. The molecule has 4 nitrogen and oxygen atoms in total. The number of nitrogens with one attached hydrogen (secondary N) is 1. The summed E-state index contributed by atoms with van der Waals surface area (Å²) >= 11 is 0. The van der Waals surface area contributed by atoms with Gasteiger partial charge in [0.25, 0.3) is 0 Å². The third kappa shape index (κ3) is 1.35. The molecule has 0 bridgehead atoms. The maximum absolute atomic E-state index is 11.1. The standard InChI is InChI=1S/C10H10N2O2/c1-6-5-9(14-2)12-10-7(6)3-4-8(13)11-10/h3-5H,1-2H3,(H,11,12,13). The first kappa shape index (κ1) is 8.74. The second-order valence-electron chi connectivity index (χ2n) is 3.07. The molecule has 0 aliphatic rings. The van der Waals surface area contributed by atoms with Crippen molar-refractivity contribution in [3.8, 4) is 5.88 Å². The van der Waals surface area contributed by atoms with Gasteiger partial charge in [0, 0.05) is 17.5 Å².